The summed E-state index contributed by atoms with van der Waals surface area (Å²) in [5.74, 6) is 1.88. The monoisotopic (exact) mass is 345 g/mol. The lowest BCUT2D eigenvalue weighted by molar-refractivity contribution is 0.0723. The molecule has 0 atom stereocenters. The van der Waals surface area contributed by atoms with Crippen LogP contribution in [0.1, 0.15) is 28.1 Å². The van der Waals surface area contributed by atoms with Crippen LogP contribution in [0.5, 0.6) is 0 Å². The zero-order valence-electron chi connectivity index (χ0n) is 14.3. The van der Waals surface area contributed by atoms with E-state index in [0.717, 1.165) is 48.0 Å². The molecular weight excluding hydrogens is 322 g/mol. The Hall–Kier alpha value is -2.15. The van der Waals surface area contributed by atoms with Crippen LogP contribution in [0.4, 0.5) is 11.6 Å². The molecule has 1 N–H and O–H groups in total. The first-order valence-corrected chi connectivity index (χ1v) is 9.01. The number of hydrogen-bond acceptors (Lipinski definition) is 6. The Balaban J connectivity index is 1.55. The van der Waals surface area contributed by atoms with E-state index in [1.165, 1.54) is 11.3 Å². The van der Waals surface area contributed by atoms with Crippen molar-refractivity contribution in [3.8, 4) is 0 Å². The predicted octanol–water partition coefficient (Wildman–Crippen LogP) is 2.63. The van der Waals surface area contributed by atoms with Crippen molar-refractivity contribution < 1.29 is 4.79 Å². The summed E-state index contributed by atoms with van der Waals surface area (Å²) in [5, 5.41) is 5.49. The van der Waals surface area contributed by atoms with Crippen molar-refractivity contribution in [1.82, 2.24) is 14.9 Å². The van der Waals surface area contributed by atoms with Crippen LogP contribution >= 0.6 is 11.3 Å². The topological polar surface area (TPSA) is 61.4 Å². The summed E-state index contributed by atoms with van der Waals surface area (Å²) in [6.45, 7) is 3.57. The normalized spacial score (nSPS) is 15.4. The van der Waals surface area contributed by atoms with Gasteiger partial charge in [-0.15, -0.1) is 11.3 Å². The van der Waals surface area contributed by atoms with E-state index in [9.17, 15) is 4.79 Å². The van der Waals surface area contributed by atoms with Gasteiger partial charge in [0.15, 0.2) is 0 Å². The second-order valence-electron chi connectivity index (χ2n) is 6.35. The maximum Gasteiger partial charge on any atom is 0.263 e. The van der Waals surface area contributed by atoms with Gasteiger partial charge in [0.1, 0.15) is 18.0 Å². The quantitative estimate of drug-likeness (QED) is 0.923. The number of nitrogens with zero attached hydrogens (tertiary/aromatic N) is 4. The first-order valence-electron chi connectivity index (χ1n) is 8.13. The van der Waals surface area contributed by atoms with Gasteiger partial charge in [-0.2, -0.15) is 0 Å². The molecule has 3 heterocycles. The van der Waals surface area contributed by atoms with Crippen LogP contribution in [0, 0.1) is 6.92 Å². The first-order chi connectivity index (χ1) is 11.5. The van der Waals surface area contributed by atoms with Crippen LogP contribution in [-0.2, 0) is 0 Å². The fourth-order valence-corrected chi connectivity index (χ4v) is 3.67. The minimum absolute atomic E-state index is 0.156. The Morgan fingerprint density at radius 2 is 2.04 bits per heavy atom. The fraction of sp³-hybridized carbons (Fsp3) is 0.471. The molecule has 1 aliphatic rings. The van der Waals surface area contributed by atoms with Gasteiger partial charge in [-0.05, 0) is 36.8 Å². The molecule has 0 spiro atoms. The van der Waals surface area contributed by atoms with Gasteiger partial charge in [-0.3, -0.25) is 4.79 Å². The second kappa shape index (κ2) is 7.17. The van der Waals surface area contributed by atoms with E-state index in [1.54, 1.807) is 6.33 Å². The Labute approximate surface area is 146 Å². The molecule has 0 radical (unpaired) electrons. The first kappa shape index (κ1) is 16.7. The van der Waals surface area contributed by atoms with Gasteiger partial charge >= 0.3 is 0 Å². The molecule has 6 nitrogen and oxygen atoms in total. The number of likely N-dealkylation sites (tertiary alicyclic amines) is 1. The van der Waals surface area contributed by atoms with E-state index in [-0.39, 0.29) is 5.91 Å². The summed E-state index contributed by atoms with van der Waals surface area (Å²) in [4.78, 5) is 25.8. The number of aromatic nitrogens is 2. The summed E-state index contributed by atoms with van der Waals surface area (Å²) < 4.78 is 0. The molecule has 0 aromatic carbocycles. The van der Waals surface area contributed by atoms with E-state index in [0.29, 0.717) is 6.04 Å². The average Bonchev–Trinajstić information content (AvgIpc) is 3.01. The number of anilines is 2. The lowest BCUT2D eigenvalue weighted by atomic mass is 10.0. The highest BCUT2D eigenvalue weighted by atomic mass is 32.1. The minimum atomic E-state index is 0.156. The van der Waals surface area contributed by atoms with Crippen molar-refractivity contribution in [3.63, 3.8) is 0 Å². The highest BCUT2D eigenvalue weighted by Gasteiger charge is 2.24. The maximum atomic E-state index is 12.5. The molecule has 1 aliphatic heterocycles. The number of thiophene rings is 1. The van der Waals surface area contributed by atoms with Gasteiger partial charge in [0.25, 0.3) is 5.91 Å². The van der Waals surface area contributed by atoms with E-state index < -0.39 is 0 Å². The van der Waals surface area contributed by atoms with Crippen LogP contribution in [0.3, 0.4) is 0 Å². The lowest BCUT2D eigenvalue weighted by Crippen LogP contribution is -2.42. The highest BCUT2D eigenvalue weighted by molar-refractivity contribution is 7.12. The number of carbonyl (C=O) groups excluding carboxylic acids is 1. The van der Waals surface area contributed by atoms with Crippen molar-refractivity contribution in [2.24, 2.45) is 0 Å². The third kappa shape index (κ3) is 3.84. The molecule has 7 heteroatoms. The molecule has 1 fully saturated rings. The molecule has 2 aromatic rings. The van der Waals surface area contributed by atoms with Crippen LogP contribution in [-0.4, -0.2) is 54.0 Å². The third-order valence-electron chi connectivity index (χ3n) is 4.19. The van der Waals surface area contributed by atoms with Gasteiger partial charge < -0.3 is 15.1 Å². The van der Waals surface area contributed by atoms with Gasteiger partial charge in [0.2, 0.25) is 0 Å². The molecule has 1 saturated heterocycles. The van der Waals surface area contributed by atoms with E-state index in [4.69, 9.17) is 0 Å². The van der Waals surface area contributed by atoms with Gasteiger partial charge in [-0.1, -0.05) is 0 Å². The Morgan fingerprint density at radius 3 is 2.67 bits per heavy atom. The summed E-state index contributed by atoms with van der Waals surface area (Å²) in [6.07, 6.45) is 3.43. The molecule has 128 valence electrons. The van der Waals surface area contributed by atoms with Gasteiger partial charge in [0.05, 0.1) is 4.88 Å². The van der Waals surface area contributed by atoms with Crippen molar-refractivity contribution in [2.75, 3.05) is 37.4 Å². The lowest BCUT2D eigenvalue weighted by Gasteiger charge is -2.32. The standard InChI is InChI=1S/C17H23N5OS/c1-12-8-14(24-10-12)17(23)22-6-4-13(5-7-22)20-15-9-16(21(2)3)19-11-18-15/h8-11,13H,4-7H2,1-3H3,(H,18,19,20). The average molecular weight is 345 g/mol. The number of nitrogens with one attached hydrogen (secondary N) is 1. The van der Waals surface area contributed by atoms with E-state index in [1.807, 2.05) is 48.3 Å². The van der Waals surface area contributed by atoms with Crippen molar-refractivity contribution in [1.29, 1.82) is 0 Å². The number of aryl methyl sites for hydroxylation is 1. The van der Waals surface area contributed by atoms with Crippen molar-refractivity contribution in [2.45, 2.75) is 25.8 Å². The number of carbonyl (C=O) groups is 1. The molecule has 3 rings (SSSR count). The summed E-state index contributed by atoms with van der Waals surface area (Å²) in [5.41, 5.74) is 1.15. The highest BCUT2D eigenvalue weighted by Crippen LogP contribution is 2.21. The summed E-state index contributed by atoms with van der Waals surface area (Å²) >= 11 is 1.53. The molecule has 24 heavy (non-hydrogen) atoms. The smallest absolute Gasteiger partial charge is 0.263 e. The molecule has 1 amide bonds. The zero-order chi connectivity index (χ0) is 17.1. The summed E-state index contributed by atoms with van der Waals surface area (Å²) in [7, 11) is 3.92. The minimum Gasteiger partial charge on any atom is -0.367 e. The Morgan fingerprint density at radius 1 is 1.29 bits per heavy atom. The van der Waals surface area contributed by atoms with E-state index in [2.05, 4.69) is 15.3 Å². The van der Waals surface area contributed by atoms with Crippen molar-refractivity contribution >= 4 is 28.9 Å². The molecular formula is C17H23N5OS. The summed E-state index contributed by atoms with van der Waals surface area (Å²) in [6, 6.07) is 4.26. The van der Waals surface area contributed by atoms with Crippen LogP contribution < -0.4 is 10.2 Å². The SMILES string of the molecule is Cc1csc(C(=O)N2CCC(Nc3cc(N(C)C)ncn3)CC2)c1. The number of piperidine rings is 1. The predicted molar refractivity (Wildman–Crippen MR) is 98.0 cm³/mol. The Bertz CT molecular complexity index is 707. The van der Waals surface area contributed by atoms with Crippen LogP contribution in [0.25, 0.3) is 0 Å². The molecule has 0 bridgehead atoms. The van der Waals surface area contributed by atoms with Crippen LogP contribution in [0.2, 0.25) is 0 Å². The molecule has 2 aromatic heterocycles. The van der Waals surface area contributed by atoms with Gasteiger partial charge in [0, 0.05) is 39.3 Å². The zero-order valence-corrected chi connectivity index (χ0v) is 15.1. The molecule has 0 saturated carbocycles. The molecule has 0 unspecified atom stereocenters. The number of rotatable bonds is 4. The maximum absolute atomic E-state index is 12.5. The number of hydrogen-bond donors (Lipinski definition) is 1. The third-order valence-corrected chi connectivity index (χ3v) is 5.22. The largest absolute Gasteiger partial charge is 0.367 e. The van der Waals surface area contributed by atoms with Crippen molar-refractivity contribution in [3.05, 3.63) is 34.3 Å². The Kier molecular flexibility index (Phi) is 4.99. The van der Waals surface area contributed by atoms with Crippen LogP contribution in [0.15, 0.2) is 23.8 Å². The fourth-order valence-electron chi connectivity index (χ4n) is 2.81. The van der Waals surface area contributed by atoms with Gasteiger partial charge in [-0.25, -0.2) is 9.97 Å². The number of amides is 1. The second-order valence-corrected chi connectivity index (χ2v) is 7.27. The molecule has 0 aliphatic carbocycles. The van der Waals surface area contributed by atoms with E-state index >= 15 is 0 Å².